The number of hydrogen-bond acceptors (Lipinski definition) is 0. The average molecular weight is 268 g/mol. The van der Waals surface area contributed by atoms with Crippen LogP contribution in [-0.2, 0) is 0 Å². The van der Waals surface area contributed by atoms with Gasteiger partial charge in [0.2, 0.25) is 0 Å². The Kier molecular flexibility index (Phi) is 9.30. The second-order valence-electron chi connectivity index (χ2n) is 5.15. The molecule has 20 heavy (non-hydrogen) atoms. The van der Waals surface area contributed by atoms with Crippen LogP contribution in [0.2, 0.25) is 0 Å². The minimum atomic E-state index is 1.28. The van der Waals surface area contributed by atoms with Crippen molar-refractivity contribution in [2.75, 3.05) is 0 Å². The second kappa shape index (κ2) is 11.3. The minimum absolute atomic E-state index is 1.28. The van der Waals surface area contributed by atoms with Crippen molar-refractivity contribution >= 4 is 0 Å². The van der Waals surface area contributed by atoms with Gasteiger partial charge in [-0.25, -0.2) is 0 Å². The first kappa shape index (κ1) is 16.5. The Labute approximate surface area is 124 Å². The lowest BCUT2D eigenvalue weighted by molar-refractivity contribution is 0.624. The summed E-state index contributed by atoms with van der Waals surface area (Å²) >= 11 is 0. The van der Waals surface area contributed by atoms with E-state index < -0.39 is 0 Å². The predicted octanol–water partition coefficient (Wildman–Crippen LogP) is 6.72. The number of unbranched alkanes of at least 4 members (excludes halogenated alkanes) is 5. The Morgan fingerprint density at radius 2 is 0.850 bits per heavy atom. The van der Waals surface area contributed by atoms with Gasteiger partial charge in [0.1, 0.15) is 0 Å². The lowest BCUT2D eigenvalue weighted by atomic mass is 10.1. The third-order valence-electron chi connectivity index (χ3n) is 3.34. The smallest absolute Gasteiger partial charge is 0.0184 e. The van der Waals surface area contributed by atoms with Gasteiger partial charge in [-0.1, -0.05) is 113 Å². The molecule has 0 amide bonds. The van der Waals surface area contributed by atoms with Gasteiger partial charge in [0, 0.05) is 0 Å². The molecule has 0 heterocycles. The average Bonchev–Trinajstić information content (AvgIpc) is 2.54. The fraction of sp³-hybridized carbons (Fsp3) is 0.400. The molecule has 0 saturated carbocycles. The van der Waals surface area contributed by atoms with Gasteiger partial charge in [-0.2, -0.15) is 0 Å². The predicted molar refractivity (Wildman–Crippen MR) is 90.9 cm³/mol. The van der Waals surface area contributed by atoms with E-state index in [1.54, 1.807) is 0 Å². The normalized spacial score (nSPS) is 9.70. The second-order valence-corrected chi connectivity index (χ2v) is 5.15. The van der Waals surface area contributed by atoms with Crippen molar-refractivity contribution in [1.29, 1.82) is 0 Å². The Bertz CT molecular complexity index is 373. The van der Waals surface area contributed by atoms with Crippen molar-refractivity contribution in [3.63, 3.8) is 0 Å². The molecule has 0 atom stereocenters. The SMILES string of the molecule is CCCCCCCC.c1ccc(-c2ccccc2)cc1. The van der Waals surface area contributed by atoms with Gasteiger partial charge < -0.3 is 0 Å². The van der Waals surface area contributed by atoms with E-state index in [9.17, 15) is 0 Å². The molecule has 2 rings (SSSR count). The maximum Gasteiger partial charge on any atom is -0.0184 e. The maximum absolute atomic E-state index is 2.26. The minimum Gasteiger partial charge on any atom is -0.0654 e. The van der Waals surface area contributed by atoms with E-state index >= 15 is 0 Å². The zero-order valence-corrected chi connectivity index (χ0v) is 13.0. The summed E-state index contributed by atoms with van der Waals surface area (Å²) in [4.78, 5) is 0. The van der Waals surface area contributed by atoms with Crippen LogP contribution >= 0.6 is 0 Å². The highest BCUT2D eigenvalue weighted by Crippen LogP contribution is 2.17. The van der Waals surface area contributed by atoms with E-state index in [1.807, 2.05) is 12.1 Å². The quantitative estimate of drug-likeness (QED) is 0.510. The summed E-state index contributed by atoms with van der Waals surface area (Å²) in [5.74, 6) is 0. The monoisotopic (exact) mass is 268 g/mol. The molecule has 2 aromatic rings. The van der Waals surface area contributed by atoms with Crippen LogP contribution in [0.1, 0.15) is 52.4 Å². The van der Waals surface area contributed by atoms with E-state index in [2.05, 4.69) is 62.4 Å². The summed E-state index contributed by atoms with van der Waals surface area (Å²) in [6.07, 6.45) is 8.49. The van der Waals surface area contributed by atoms with Gasteiger partial charge in [-0.15, -0.1) is 0 Å². The molecule has 0 aliphatic heterocycles. The molecule has 0 spiro atoms. The molecule has 0 saturated heterocycles. The van der Waals surface area contributed by atoms with Crippen LogP contribution in [0.5, 0.6) is 0 Å². The summed E-state index contributed by atoms with van der Waals surface area (Å²) in [6, 6.07) is 20.8. The molecule has 0 radical (unpaired) electrons. The summed E-state index contributed by atoms with van der Waals surface area (Å²) in [7, 11) is 0. The highest BCUT2D eigenvalue weighted by atomic mass is 14.0. The highest BCUT2D eigenvalue weighted by Gasteiger charge is 1.91. The van der Waals surface area contributed by atoms with Crippen LogP contribution in [-0.4, -0.2) is 0 Å². The first-order valence-electron chi connectivity index (χ1n) is 7.99. The van der Waals surface area contributed by atoms with Crippen molar-refractivity contribution in [2.45, 2.75) is 52.4 Å². The Morgan fingerprint density at radius 1 is 0.500 bits per heavy atom. The number of benzene rings is 2. The van der Waals surface area contributed by atoms with Gasteiger partial charge in [-0.05, 0) is 11.1 Å². The van der Waals surface area contributed by atoms with E-state index in [1.165, 1.54) is 49.7 Å². The van der Waals surface area contributed by atoms with Crippen molar-refractivity contribution in [3.8, 4) is 11.1 Å². The molecule has 0 aliphatic carbocycles. The van der Waals surface area contributed by atoms with Gasteiger partial charge in [0.25, 0.3) is 0 Å². The molecule has 0 N–H and O–H groups in total. The van der Waals surface area contributed by atoms with Crippen molar-refractivity contribution < 1.29 is 0 Å². The Hall–Kier alpha value is -1.56. The Balaban J connectivity index is 0.000000221. The summed E-state index contributed by atoms with van der Waals surface area (Å²) < 4.78 is 0. The molecule has 0 aromatic heterocycles. The molecule has 0 aliphatic rings. The van der Waals surface area contributed by atoms with Crippen LogP contribution in [0, 0.1) is 0 Å². The van der Waals surface area contributed by atoms with Crippen LogP contribution < -0.4 is 0 Å². The van der Waals surface area contributed by atoms with Crippen LogP contribution in [0.15, 0.2) is 60.7 Å². The third-order valence-corrected chi connectivity index (χ3v) is 3.34. The van der Waals surface area contributed by atoms with E-state index in [4.69, 9.17) is 0 Å². The van der Waals surface area contributed by atoms with E-state index in [-0.39, 0.29) is 0 Å². The summed E-state index contributed by atoms with van der Waals surface area (Å²) in [5, 5.41) is 0. The van der Waals surface area contributed by atoms with Crippen molar-refractivity contribution in [3.05, 3.63) is 60.7 Å². The zero-order chi connectivity index (χ0) is 14.5. The van der Waals surface area contributed by atoms with E-state index in [0.717, 1.165) is 0 Å². The molecule has 0 bridgehead atoms. The zero-order valence-electron chi connectivity index (χ0n) is 13.0. The molecule has 108 valence electrons. The van der Waals surface area contributed by atoms with E-state index in [0.29, 0.717) is 0 Å². The maximum atomic E-state index is 2.26. The highest BCUT2D eigenvalue weighted by molar-refractivity contribution is 5.62. The van der Waals surface area contributed by atoms with Gasteiger partial charge in [0.05, 0.1) is 0 Å². The first-order valence-corrected chi connectivity index (χ1v) is 7.99. The molecular weight excluding hydrogens is 240 g/mol. The largest absolute Gasteiger partial charge is 0.0654 e. The lowest BCUT2D eigenvalue weighted by Gasteiger charge is -1.98. The Morgan fingerprint density at radius 3 is 1.15 bits per heavy atom. The number of hydrogen-bond donors (Lipinski definition) is 0. The summed E-state index contributed by atoms with van der Waals surface area (Å²) in [5.41, 5.74) is 2.55. The van der Waals surface area contributed by atoms with Gasteiger partial charge in [0.15, 0.2) is 0 Å². The fourth-order valence-electron chi connectivity index (χ4n) is 2.11. The van der Waals surface area contributed by atoms with Gasteiger partial charge in [-0.3, -0.25) is 0 Å². The van der Waals surface area contributed by atoms with Crippen molar-refractivity contribution in [2.24, 2.45) is 0 Å². The topological polar surface area (TPSA) is 0 Å². The van der Waals surface area contributed by atoms with Gasteiger partial charge >= 0.3 is 0 Å². The molecular formula is C20H28. The molecule has 2 aromatic carbocycles. The summed E-state index contributed by atoms with van der Waals surface area (Å²) in [6.45, 7) is 4.51. The van der Waals surface area contributed by atoms with Crippen molar-refractivity contribution in [1.82, 2.24) is 0 Å². The first-order chi connectivity index (χ1) is 9.88. The fourth-order valence-corrected chi connectivity index (χ4v) is 2.11. The van der Waals surface area contributed by atoms with Crippen LogP contribution in [0.4, 0.5) is 0 Å². The standard InChI is InChI=1S/C12H10.C8H18/c1-3-7-11(8-4-1)12-9-5-2-6-10-12;1-3-5-7-8-6-4-2/h1-10H;3-8H2,1-2H3. The van der Waals surface area contributed by atoms with Crippen LogP contribution in [0.3, 0.4) is 0 Å². The molecule has 0 unspecified atom stereocenters. The molecule has 0 heteroatoms. The molecule has 0 fully saturated rings. The molecule has 0 nitrogen and oxygen atoms in total. The van der Waals surface area contributed by atoms with Crippen LogP contribution in [0.25, 0.3) is 11.1 Å². The lowest BCUT2D eigenvalue weighted by Crippen LogP contribution is -1.73. The number of rotatable bonds is 6. The third kappa shape index (κ3) is 7.13.